The van der Waals surface area contributed by atoms with Crippen molar-refractivity contribution in [3.8, 4) is 11.5 Å². The molecular formula is C12H15NO6S. The maximum Gasteiger partial charge on any atom is 0.320 e. The molecule has 0 radical (unpaired) electrons. The average molecular weight is 301 g/mol. The van der Waals surface area contributed by atoms with Gasteiger partial charge in [-0.1, -0.05) is 0 Å². The van der Waals surface area contributed by atoms with Crippen LogP contribution in [0.5, 0.6) is 11.5 Å². The summed E-state index contributed by atoms with van der Waals surface area (Å²) in [6.45, 7) is 0. The molecule has 0 unspecified atom stereocenters. The van der Waals surface area contributed by atoms with E-state index >= 15 is 0 Å². The molecule has 0 amide bonds. The van der Waals surface area contributed by atoms with Gasteiger partial charge in [-0.3, -0.25) is 9.59 Å². The zero-order valence-corrected chi connectivity index (χ0v) is 11.3. The molecule has 0 spiro atoms. The number of aromatic hydroxyl groups is 2. The highest BCUT2D eigenvalue weighted by Crippen LogP contribution is 2.37. The third kappa shape index (κ3) is 4.63. The molecule has 110 valence electrons. The minimum absolute atomic E-state index is 0.184. The molecule has 0 saturated heterocycles. The molecule has 7 nitrogen and oxygen atoms in total. The number of phenolic OH excluding ortho intramolecular Hbond substituents is 2. The van der Waals surface area contributed by atoms with Crippen molar-refractivity contribution in [2.24, 2.45) is 5.73 Å². The molecule has 0 saturated carbocycles. The summed E-state index contributed by atoms with van der Waals surface area (Å²) in [6, 6.07) is 1.62. The minimum atomic E-state index is -1.11. The van der Waals surface area contributed by atoms with Crippen LogP contribution in [-0.2, 0) is 16.0 Å². The van der Waals surface area contributed by atoms with Crippen molar-refractivity contribution in [1.29, 1.82) is 0 Å². The van der Waals surface area contributed by atoms with Gasteiger partial charge in [-0.15, -0.1) is 11.8 Å². The number of carboxylic acids is 2. The van der Waals surface area contributed by atoms with Crippen molar-refractivity contribution in [2.75, 3.05) is 5.75 Å². The molecule has 0 aliphatic carbocycles. The van der Waals surface area contributed by atoms with Crippen LogP contribution in [-0.4, -0.2) is 44.2 Å². The number of nitrogens with two attached hydrogens (primary N) is 1. The number of benzene rings is 1. The number of rotatable bonds is 7. The van der Waals surface area contributed by atoms with E-state index in [9.17, 15) is 19.8 Å². The SMILES string of the molecule is N[C@@H](CCSc1cc(CC(=O)O)cc(O)c1O)C(=O)O. The number of carboxylic acid groups (broad SMARTS) is 2. The van der Waals surface area contributed by atoms with Crippen LogP contribution in [0.2, 0.25) is 0 Å². The molecule has 1 rings (SSSR count). The molecule has 20 heavy (non-hydrogen) atoms. The Hall–Kier alpha value is -1.93. The number of phenols is 2. The van der Waals surface area contributed by atoms with E-state index in [0.717, 1.165) is 11.8 Å². The van der Waals surface area contributed by atoms with Crippen LogP contribution < -0.4 is 5.73 Å². The first-order valence-corrected chi connectivity index (χ1v) is 6.67. The van der Waals surface area contributed by atoms with E-state index in [0.29, 0.717) is 16.2 Å². The van der Waals surface area contributed by atoms with Crippen LogP contribution in [0, 0.1) is 0 Å². The highest BCUT2D eigenvalue weighted by atomic mass is 32.2. The molecule has 1 aromatic rings. The lowest BCUT2D eigenvalue weighted by atomic mass is 10.1. The number of aliphatic carboxylic acids is 2. The first-order valence-electron chi connectivity index (χ1n) is 5.69. The largest absolute Gasteiger partial charge is 0.504 e. The second kappa shape index (κ2) is 7.01. The number of thioether (sulfide) groups is 1. The summed E-state index contributed by atoms with van der Waals surface area (Å²) in [5.74, 6) is -2.62. The van der Waals surface area contributed by atoms with Crippen molar-refractivity contribution in [1.82, 2.24) is 0 Å². The van der Waals surface area contributed by atoms with E-state index in [1.165, 1.54) is 12.1 Å². The Labute approximate surface area is 119 Å². The fraction of sp³-hybridized carbons (Fsp3) is 0.333. The summed E-state index contributed by atoms with van der Waals surface area (Å²) in [7, 11) is 0. The highest BCUT2D eigenvalue weighted by Gasteiger charge is 2.14. The molecule has 0 bridgehead atoms. The first kappa shape index (κ1) is 16.1. The Morgan fingerprint density at radius 3 is 2.45 bits per heavy atom. The highest BCUT2D eigenvalue weighted by molar-refractivity contribution is 7.99. The van der Waals surface area contributed by atoms with Crippen molar-refractivity contribution >= 4 is 23.7 Å². The van der Waals surface area contributed by atoms with Crippen LogP contribution in [0.1, 0.15) is 12.0 Å². The lowest BCUT2D eigenvalue weighted by Crippen LogP contribution is -2.30. The summed E-state index contributed by atoms with van der Waals surface area (Å²) in [4.78, 5) is 21.5. The molecular weight excluding hydrogens is 286 g/mol. The lowest BCUT2D eigenvalue weighted by molar-refractivity contribution is -0.138. The fourth-order valence-electron chi connectivity index (χ4n) is 1.45. The number of hydrogen-bond donors (Lipinski definition) is 5. The third-order valence-corrected chi connectivity index (χ3v) is 3.54. The van der Waals surface area contributed by atoms with Gasteiger partial charge in [-0.2, -0.15) is 0 Å². The second-order valence-corrected chi connectivity index (χ2v) is 5.25. The van der Waals surface area contributed by atoms with Gasteiger partial charge in [0.25, 0.3) is 0 Å². The van der Waals surface area contributed by atoms with Gasteiger partial charge in [0.2, 0.25) is 0 Å². The Kier molecular flexibility index (Phi) is 5.66. The fourth-order valence-corrected chi connectivity index (χ4v) is 2.52. The Morgan fingerprint density at radius 1 is 1.25 bits per heavy atom. The monoisotopic (exact) mass is 301 g/mol. The summed E-state index contributed by atoms with van der Waals surface area (Å²) in [5, 5.41) is 36.5. The summed E-state index contributed by atoms with van der Waals surface area (Å²) < 4.78 is 0. The van der Waals surface area contributed by atoms with Crippen LogP contribution >= 0.6 is 11.8 Å². The average Bonchev–Trinajstić information content (AvgIpc) is 2.33. The molecule has 0 aliphatic rings. The molecule has 0 aromatic heterocycles. The topological polar surface area (TPSA) is 141 Å². The van der Waals surface area contributed by atoms with Crippen LogP contribution in [0.3, 0.4) is 0 Å². The Balaban J connectivity index is 2.75. The van der Waals surface area contributed by atoms with E-state index < -0.39 is 23.7 Å². The van der Waals surface area contributed by atoms with E-state index in [1.807, 2.05) is 0 Å². The minimum Gasteiger partial charge on any atom is -0.504 e. The quantitative estimate of drug-likeness (QED) is 0.364. The van der Waals surface area contributed by atoms with Gasteiger partial charge in [-0.05, 0) is 24.1 Å². The van der Waals surface area contributed by atoms with E-state index in [2.05, 4.69) is 0 Å². The van der Waals surface area contributed by atoms with E-state index in [-0.39, 0.29) is 18.6 Å². The summed E-state index contributed by atoms with van der Waals surface area (Å²) in [5.41, 5.74) is 5.69. The van der Waals surface area contributed by atoms with Crippen LogP contribution in [0.4, 0.5) is 0 Å². The maximum atomic E-state index is 10.6. The molecule has 1 aromatic carbocycles. The van der Waals surface area contributed by atoms with Crippen LogP contribution in [0.15, 0.2) is 17.0 Å². The van der Waals surface area contributed by atoms with Gasteiger partial charge in [0.1, 0.15) is 6.04 Å². The number of hydrogen-bond acceptors (Lipinski definition) is 6. The maximum absolute atomic E-state index is 10.6. The zero-order chi connectivity index (χ0) is 15.3. The summed E-state index contributed by atoms with van der Waals surface area (Å²) in [6.07, 6.45) is -0.0978. The third-order valence-electron chi connectivity index (χ3n) is 2.47. The van der Waals surface area contributed by atoms with Crippen LogP contribution in [0.25, 0.3) is 0 Å². The molecule has 0 fully saturated rings. The molecule has 0 aliphatic heterocycles. The predicted octanol–water partition coefficient (Wildman–Crippen LogP) is 0.619. The van der Waals surface area contributed by atoms with Gasteiger partial charge in [0.05, 0.1) is 11.3 Å². The number of carbonyl (C=O) groups is 2. The smallest absolute Gasteiger partial charge is 0.320 e. The Bertz CT molecular complexity index is 519. The molecule has 1 atom stereocenters. The van der Waals surface area contributed by atoms with Crippen molar-refractivity contribution in [3.05, 3.63) is 17.7 Å². The predicted molar refractivity (Wildman–Crippen MR) is 72.1 cm³/mol. The van der Waals surface area contributed by atoms with Gasteiger partial charge in [0, 0.05) is 5.75 Å². The van der Waals surface area contributed by atoms with Gasteiger partial charge >= 0.3 is 11.9 Å². The molecule has 6 N–H and O–H groups in total. The van der Waals surface area contributed by atoms with Gasteiger partial charge in [0.15, 0.2) is 11.5 Å². The van der Waals surface area contributed by atoms with E-state index in [4.69, 9.17) is 15.9 Å². The van der Waals surface area contributed by atoms with Gasteiger partial charge in [-0.25, -0.2) is 0 Å². The van der Waals surface area contributed by atoms with Crippen molar-refractivity contribution in [3.63, 3.8) is 0 Å². The molecule has 8 heteroatoms. The Morgan fingerprint density at radius 2 is 1.90 bits per heavy atom. The van der Waals surface area contributed by atoms with Gasteiger partial charge < -0.3 is 26.2 Å². The van der Waals surface area contributed by atoms with Crippen molar-refractivity contribution < 1.29 is 30.0 Å². The molecule has 0 heterocycles. The first-order chi connectivity index (χ1) is 9.31. The zero-order valence-electron chi connectivity index (χ0n) is 10.4. The lowest BCUT2D eigenvalue weighted by Gasteiger charge is -2.10. The van der Waals surface area contributed by atoms with E-state index in [1.54, 1.807) is 0 Å². The van der Waals surface area contributed by atoms with Crippen molar-refractivity contribution in [2.45, 2.75) is 23.8 Å². The second-order valence-electron chi connectivity index (χ2n) is 4.11. The normalized spacial score (nSPS) is 12.1. The standard InChI is InChI=1S/C12H15NO6S/c13-7(12(18)19)1-2-20-9-4-6(5-10(15)16)3-8(14)11(9)17/h3-4,7,14,17H,1-2,5,13H2,(H,15,16)(H,18,19)/t7-/m0/s1. The summed E-state index contributed by atoms with van der Waals surface area (Å²) >= 11 is 1.10.